The van der Waals surface area contributed by atoms with E-state index >= 15 is 0 Å². The Morgan fingerprint density at radius 1 is 1.13 bits per heavy atom. The van der Waals surface area contributed by atoms with Crippen molar-refractivity contribution < 1.29 is 9.72 Å². The number of carbonyl (C=O) groups excluding carboxylic acids is 1. The molecule has 1 fully saturated rings. The highest BCUT2D eigenvalue weighted by molar-refractivity contribution is 5.78. The molecule has 30 heavy (non-hydrogen) atoms. The summed E-state index contributed by atoms with van der Waals surface area (Å²) in [4.78, 5) is 35.2. The van der Waals surface area contributed by atoms with Crippen LogP contribution in [0, 0.1) is 10.1 Å². The Labute approximate surface area is 172 Å². The number of nitro groups is 1. The van der Waals surface area contributed by atoms with Crippen LogP contribution in [-0.4, -0.2) is 31.7 Å². The number of non-ortho nitro benzene ring substituents is 1. The van der Waals surface area contributed by atoms with E-state index in [1.54, 1.807) is 16.7 Å². The summed E-state index contributed by atoms with van der Waals surface area (Å²) in [7, 11) is 0. The average molecular weight is 407 g/mol. The molecule has 1 aromatic heterocycles. The van der Waals surface area contributed by atoms with Crippen LogP contribution in [-0.2, 0) is 17.8 Å². The topological polar surface area (TPSA) is 112 Å². The second-order valence-electron chi connectivity index (χ2n) is 7.26. The molecular formula is C21H21N5O4. The van der Waals surface area contributed by atoms with Crippen LogP contribution < -0.4 is 11.0 Å². The lowest BCUT2D eigenvalue weighted by Gasteiger charge is -2.05. The highest BCUT2D eigenvalue weighted by Gasteiger charge is 2.31. The summed E-state index contributed by atoms with van der Waals surface area (Å²) in [6.07, 6.45) is 2.16. The average Bonchev–Trinajstić information content (AvgIpc) is 3.53. The monoisotopic (exact) mass is 407 g/mol. The van der Waals surface area contributed by atoms with Crippen molar-refractivity contribution in [3.05, 3.63) is 86.6 Å². The first kappa shape index (κ1) is 19.6. The number of benzene rings is 2. The zero-order valence-electron chi connectivity index (χ0n) is 16.2. The zero-order valence-corrected chi connectivity index (χ0v) is 16.2. The minimum absolute atomic E-state index is 0.0148. The molecular weight excluding hydrogens is 386 g/mol. The van der Waals surface area contributed by atoms with Crippen molar-refractivity contribution in [2.75, 3.05) is 6.54 Å². The maximum Gasteiger partial charge on any atom is 0.350 e. The lowest BCUT2D eigenvalue weighted by molar-refractivity contribution is -0.384. The molecule has 0 radical (unpaired) electrons. The van der Waals surface area contributed by atoms with Gasteiger partial charge in [-0.3, -0.25) is 14.9 Å². The third kappa shape index (κ3) is 4.29. The normalized spacial score (nSPS) is 13.2. The molecule has 9 heteroatoms. The van der Waals surface area contributed by atoms with Crippen LogP contribution in [0.15, 0.2) is 59.4 Å². The SMILES string of the molecule is O=C(Cc1ccc([N+](=O)[O-])cc1)NCCn1nc(C2CC2)n(-c2ccccc2)c1=O. The number of hydrogen-bond donors (Lipinski definition) is 1. The Balaban J connectivity index is 1.39. The molecule has 154 valence electrons. The molecule has 0 spiro atoms. The fourth-order valence-corrected chi connectivity index (χ4v) is 3.28. The van der Waals surface area contributed by atoms with Gasteiger partial charge in [0.2, 0.25) is 5.91 Å². The largest absolute Gasteiger partial charge is 0.354 e. The molecule has 0 saturated heterocycles. The zero-order chi connectivity index (χ0) is 21.1. The maximum absolute atomic E-state index is 12.9. The van der Waals surface area contributed by atoms with Crippen molar-refractivity contribution in [3.63, 3.8) is 0 Å². The molecule has 1 N–H and O–H groups in total. The van der Waals surface area contributed by atoms with Gasteiger partial charge in [0.1, 0.15) is 5.82 Å². The minimum Gasteiger partial charge on any atom is -0.354 e. The number of amides is 1. The van der Waals surface area contributed by atoms with E-state index in [1.807, 2.05) is 30.3 Å². The fourth-order valence-electron chi connectivity index (χ4n) is 3.28. The second-order valence-corrected chi connectivity index (χ2v) is 7.26. The van der Waals surface area contributed by atoms with Gasteiger partial charge in [0.15, 0.2) is 0 Å². The number of nitrogens with one attached hydrogen (secondary N) is 1. The smallest absolute Gasteiger partial charge is 0.350 e. The highest BCUT2D eigenvalue weighted by atomic mass is 16.6. The number of para-hydroxylation sites is 1. The van der Waals surface area contributed by atoms with Gasteiger partial charge in [-0.2, -0.15) is 5.10 Å². The lowest BCUT2D eigenvalue weighted by atomic mass is 10.1. The van der Waals surface area contributed by atoms with Gasteiger partial charge < -0.3 is 5.32 Å². The van der Waals surface area contributed by atoms with Crippen molar-refractivity contribution in [2.45, 2.75) is 31.7 Å². The number of carbonyl (C=O) groups is 1. The van der Waals surface area contributed by atoms with Gasteiger partial charge in [-0.05, 0) is 30.5 Å². The predicted octanol–water partition coefficient (Wildman–Crippen LogP) is 2.18. The molecule has 1 heterocycles. The molecule has 1 saturated carbocycles. The van der Waals surface area contributed by atoms with E-state index in [4.69, 9.17) is 0 Å². The van der Waals surface area contributed by atoms with Gasteiger partial charge in [0, 0.05) is 24.6 Å². The molecule has 2 aromatic carbocycles. The van der Waals surface area contributed by atoms with E-state index in [9.17, 15) is 19.7 Å². The predicted molar refractivity (Wildman–Crippen MR) is 110 cm³/mol. The highest BCUT2D eigenvalue weighted by Crippen LogP contribution is 2.39. The first-order valence-corrected chi connectivity index (χ1v) is 9.78. The molecule has 0 bridgehead atoms. The number of nitrogens with zero attached hydrogens (tertiary/aromatic N) is 4. The standard InChI is InChI=1S/C21H21N5O4/c27-19(14-15-6-10-18(11-7-15)26(29)30)22-12-13-24-21(28)25(17-4-2-1-3-5-17)20(23-24)16-8-9-16/h1-7,10-11,16H,8-9,12-14H2,(H,22,27). The van der Waals surface area contributed by atoms with Crippen LogP contribution in [0.5, 0.6) is 0 Å². The van der Waals surface area contributed by atoms with Crippen molar-refractivity contribution >= 4 is 11.6 Å². The van der Waals surface area contributed by atoms with Crippen LogP contribution in [0.4, 0.5) is 5.69 Å². The molecule has 9 nitrogen and oxygen atoms in total. The fraction of sp³-hybridized carbons (Fsp3) is 0.286. The Morgan fingerprint density at radius 3 is 2.47 bits per heavy atom. The van der Waals surface area contributed by atoms with Gasteiger partial charge >= 0.3 is 5.69 Å². The minimum atomic E-state index is -0.480. The van der Waals surface area contributed by atoms with Gasteiger partial charge in [-0.15, -0.1) is 0 Å². The summed E-state index contributed by atoms with van der Waals surface area (Å²) < 4.78 is 3.04. The van der Waals surface area contributed by atoms with E-state index < -0.39 is 4.92 Å². The van der Waals surface area contributed by atoms with Gasteiger partial charge in [0.25, 0.3) is 5.69 Å². The summed E-state index contributed by atoms with van der Waals surface area (Å²) in [6, 6.07) is 15.3. The number of aromatic nitrogens is 3. The number of rotatable bonds is 8. The summed E-state index contributed by atoms with van der Waals surface area (Å²) in [5.41, 5.74) is 1.24. The summed E-state index contributed by atoms with van der Waals surface area (Å²) in [6.45, 7) is 0.534. The van der Waals surface area contributed by atoms with Crippen molar-refractivity contribution in [1.29, 1.82) is 0 Å². The van der Waals surface area contributed by atoms with Crippen LogP contribution in [0.1, 0.15) is 30.1 Å². The van der Waals surface area contributed by atoms with Gasteiger partial charge in [0.05, 0.1) is 23.6 Å². The Bertz CT molecular complexity index is 1110. The van der Waals surface area contributed by atoms with Crippen molar-refractivity contribution in [1.82, 2.24) is 19.7 Å². The van der Waals surface area contributed by atoms with Crippen molar-refractivity contribution in [3.8, 4) is 5.69 Å². The molecule has 1 aliphatic carbocycles. The van der Waals surface area contributed by atoms with E-state index in [-0.39, 0.29) is 36.8 Å². The van der Waals surface area contributed by atoms with Crippen molar-refractivity contribution in [2.24, 2.45) is 0 Å². The molecule has 1 amide bonds. The molecule has 1 aliphatic rings. The van der Waals surface area contributed by atoms with Crippen LogP contribution in [0.2, 0.25) is 0 Å². The first-order chi connectivity index (χ1) is 14.5. The van der Waals surface area contributed by atoms with Gasteiger partial charge in [-0.1, -0.05) is 30.3 Å². The summed E-state index contributed by atoms with van der Waals surface area (Å²) in [5, 5.41) is 18.0. The quantitative estimate of drug-likeness (QED) is 0.454. The van der Waals surface area contributed by atoms with E-state index in [2.05, 4.69) is 10.4 Å². The van der Waals surface area contributed by atoms with E-state index in [1.165, 1.54) is 16.8 Å². The summed E-state index contributed by atoms with van der Waals surface area (Å²) in [5.74, 6) is 0.848. The second kappa shape index (κ2) is 8.32. The lowest BCUT2D eigenvalue weighted by Crippen LogP contribution is -2.32. The molecule has 0 atom stereocenters. The summed E-state index contributed by atoms with van der Waals surface area (Å²) >= 11 is 0. The Hall–Kier alpha value is -3.75. The van der Waals surface area contributed by atoms with Crippen LogP contribution in [0.3, 0.4) is 0 Å². The van der Waals surface area contributed by atoms with Crippen LogP contribution >= 0.6 is 0 Å². The molecule has 3 aromatic rings. The molecule has 4 rings (SSSR count). The Kier molecular flexibility index (Phi) is 5.42. The third-order valence-electron chi connectivity index (χ3n) is 4.98. The van der Waals surface area contributed by atoms with Gasteiger partial charge in [-0.25, -0.2) is 14.0 Å². The van der Waals surface area contributed by atoms with Crippen LogP contribution in [0.25, 0.3) is 5.69 Å². The molecule has 0 unspecified atom stereocenters. The first-order valence-electron chi connectivity index (χ1n) is 9.78. The van der Waals surface area contributed by atoms with E-state index in [0.29, 0.717) is 11.5 Å². The number of nitro benzene ring substituents is 1. The molecule has 0 aliphatic heterocycles. The number of hydrogen-bond acceptors (Lipinski definition) is 5. The Morgan fingerprint density at radius 2 is 1.83 bits per heavy atom. The third-order valence-corrected chi connectivity index (χ3v) is 4.98. The maximum atomic E-state index is 12.9. The van der Waals surface area contributed by atoms with E-state index in [0.717, 1.165) is 24.4 Å².